The first-order valence-corrected chi connectivity index (χ1v) is 5.42. The highest BCUT2D eigenvalue weighted by molar-refractivity contribution is 6.05. The highest BCUT2D eigenvalue weighted by Gasteiger charge is 2.41. The predicted molar refractivity (Wildman–Crippen MR) is 54.1 cm³/mol. The Labute approximate surface area is 97.1 Å². The van der Waals surface area contributed by atoms with Gasteiger partial charge in [0.2, 0.25) is 11.8 Å². The van der Waals surface area contributed by atoms with E-state index in [0.717, 1.165) is 4.90 Å². The molecule has 2 atom stereocenters. The van der Waals surface area contributed by atoms with Crippen molar-refractivity contribution in [3.63, 3.8) is 0 Å². The van der Waals surface area contributed by atoms with E-state index in [0.29, 0.717) is 6.42 Å². The lowest BCUT2D eigenvalue weighted by Crippen LogP contribution is -2.44. The fourth-order valence-corrected chi connectivity index (χ4v) is 1.70. The zero-order chi connectivity index (χ0) is 13.2. The van der Waals surface area contributed by atoms with E-state index in [4.69, 9.17) is 0 Å². The molecule has 1 fully saturated rings. The molecule has 0 aromatic rings. The predicted octanol–water partition coefficient (Wildman–Crippen LogP) is 1.06. The van der Waals surface area contributed by atoms with Crippen molar-refractivity contribution in [2.75, 3.05) is 6.54 Å². The van der Waals surface area contributed by atoms with Gasteiger partial charge in [-0.05, 0) is 13.3 Å². The Kier molecular flexibility index (Phi) is 4.13. The molecule has 1 aliphatic rings. The van der Waals surface area contributed by atoms with Crippen molar-refractivity contribution in [3.8, 4) is 0 Å². The number of carbonyl (C=O) groups excluding carboxylic acids is 2. The normalized spacial score (nSPS) is 23.4. The number of alkyl halides is 3. The van der Waals surface area contributed by atoms with Crippen LogP contribution in [-0.2, 0) is 9.59 Å². The fourth-order valence-electron chi connectivity index (χ4n) is 1.70. The van der Waals surface area contributed by atoms with E-state index < -0.39 is 30.6 Å². The number of nitrogens with zero attached hydrogens (tertiary/aromatic N) is 1. The molecular formula is C10H15F3N2O2. The number of rotatable bonds is 4. The second kappa shape index (κ2) is 5.03. The second-order valence-electron chi connectivity index (χ2n) is 4.11. The van der Waals surface area contributed by atoms with Gasteiger partial charge in [0.1, 0.15) is 0 Å². The van der Waals surface area contributed by atoms with Crippen LogP contribution in [0.4, 0.5) is 13.2 Å². The molecule has 0 radical (unpaired) electrons. The van der Waals surface area contributed by atoms with Gasteiger partial charge in [-0.25, -0.2) is 0 Å². The molecule has 1 saturated heterocycles. The van der Waals surface area contributed by atoms with Gasteiger partial charge in [-0.2, -0.15) is 13.2 Å². The van der Waals surface area contributed by atoms with E-state index in [2.05, 4.69) is 5.32 Å². The first kappa shape index (κ1) is 14.0. The summed E-state index contributed by atoms with van der Waals surface area (Å²) in [5.41, 5.74) is 0. The maximum atomic E-state index is 12.0. The van der Waals surface area contributed by atoms with Crippen molar-refractivity contribution in [2.45, 2.75) is 44.9 Å². The number of amides is 2. The van der Waals surface area contributed by atoms with Gasteiger partial charge in [0.05, 0.1) is 19.0 Å². The number of hydrogen-bond donors (Lipinski definition) is 1. The van der Waals surface area contributed by atoms with Crippen molar-refractivity contribution < 1.29 is 22.8 Å². The Morgan fingerprint density at radius 2 is 2.06 bits per heavy atom. The van der Waals surface area contributed by atoms with E-state index in [1.807, 2.05) is 6.92 Å². The van der Waals surface area contributed by atoms with E-state index in [-0.39, 0.29) is 12.5 Å². The lowest BCUT2D eigenvalue weighted by atomic mass is 10.2. The van der Waals surface area contributed by atoms with Crippen LogP contribution in [0.25, 0.3) is 0 Å². The molecule has 1 aliphatic heterocycles. The smallest absolute Gasteiger partial charge is 0.297 e. The lowest BCUT2D eigenvalue weighted by Gasteiger charge is -2.21. The maximum Gasteiger partial charge on any atom is 0.401 e. The van der Waals surface area contributed by atoms with Gasteiger partial charge in [0.25, 0.3) is 0 Å². The van der Waals surface area contributed by atoms with Crippen molar-refractivity contribution in [3.05, 3.63) is 0 Å². The molecule has 2 amide bonds. The molecule has 0 aromatic heterocycles. The number of nitrogens with one attached hydrogen (secondary N) is 1. The van der Waals surface area contributed by atoms with Gasteiger partial charge >= 0.3 is 6.18 Å². The summed E-state index contributed by atoms with van der Waals surface area (Å²) in [6.45, 7) is 2.24. The second-order valence-corrected chi connectivity index (χ2v) is 4.11. The van der Waals surface area contributed by atoms with Gasteiger partial charge in [-0.15, -0.1) is 0 Å². The number of likely N-dealkylation sites (tertiary alicyclic amines) is 1. The summed E-state index contributed by atoms with van der Waals surface area (Å²) in [7, 11) is 0. The minimum Gasteiger partial charge on any atom is -0.297 e. The number of carbonyl (C=O) groups is 2. The molecule has 0 aliphatic carbocycles. The highest BCUT2D eigenvalue weighted by Crippen LogP contribution is 2.19. The van der Waals surface area contributed by atoms with Gasteiger partial charge in [0, 0.05) is 6.04 Å². The first-order chi connectivity index (χ1) is 7.76. The minimum atomic E-state index is -4.38. The van der Waals surface area contributed by atoms with Crippen molar-refractivity contribution in [1.82, 2.24) is 10.2 Å². The van der Waals surface area contributed by atoms with Gasteiger partial charge < -0.3 is 0 Å². The summed E-state index contributed by atoms with van der Waals surface area (Å²) in [4.78, 5) is 24.3. The summed E-state index contributed by atoms with van der Waals surface area (Å²) < 4.78 is 35.9. The van der Waals surface area contributed by atoms with Gasteiger partial charge in [-0.1, -0.05) is 6.92 Å². The third kappa shape index (κ3) is 3.42. The molecule has 0 aromatic carbocycles. The topological polar surface area (TPSA) is 49.4 Å². The molecule has 0 bridgehead atoms. The van der Waals surface area contributed by atoms with E-state index in [9.17, 15) is 22.8 Å². The van der Waals surface area contributed by atoms with Crippen LogP contribution in [-0.4, -0.2) is 41.5 Å². The highest BCUT2D eigenvalue weighted by atomic mass is 19.4. The average molecular weight is 252 g/mol. The van der Waals surface area contributed by atoms with E-state index in [1.54, 1.807) is 6.92 Å². The van der Waals surface area contributed by atoms with Crippen LogP contribution in [0, 0.1) is 0 Å². The monoisotopic (exact) mass is 252 g/mol. The Balaban J connectivity index is 2.62. The third-order valence-electron chi connectivity index (χ3n) is 2.76. The van der Waals surface area contributed by atoms with Crippen LogP contribution in [0.5, 0.6) is 0 Å². The van der Waals surface area contributed by atoms with E-state index in [1.165, 1.54) is 0 Å². The molecule has 1 heterocycles. The summed E-state index contributed by atoms with van der Waals surface area (Å²) in [5.74, 6) is -0.974. The van der Waals surface area contributed by atoms with Crippen molar-refractivity contribution >= 4 is 11.8 Å². The molecule has 2 unspecified atom stereocenters. The quantitative estimate of drug-likeness (QED) is 0.761. The maximum absolute atomic E-state index is 12.0. The molecule has 4 nitrogen and oxygen atoms in total. The van der Waals surface area contributed by atoms with Crippen LogP contribution < -0.4 is 5.32 Å². The number of halogens is 3. The standard InChI is InChI=1S/C10H15F3N2O2/c1-3-6(2)15-8(16)4-7(9(15)17)14-5-10(11,12)13/h6-7,14H,3-5H2,1-2H3. The Morgan fingerprint density at radius 1 is 1.47 bits per heavy atom. The SMILES string of the molecule is CCC(C)N1C(=O)CC(NCC(F)(F)F)C1=O. The average Bonchev–Trinajstić information content (AvgIpc) is 2.49. The zero-order valence-corrected chi connectivity index (χ0v) is 9.67. The summed E-state index contributed by atoms with van der Waals surface area (Å²) in [6, 6.07) is -1.31. The fraction of sp³-hybridized carbons (Fsp3) is 0.800. The number of hydrogen-bond acceptors (Lipinski definition) is 3. The Morgan fingerprint density at radius 3 is 2.53 bits per heavy atom. The molecule has 17 heavy (non-hydrogen) atoms. The first-order valence-electron chi connectivity index (χ1n) is 5.42. The molecule has 0 saturated carbocycles. The summed E-state index contributed by atoms with van der Waals surface area (Å²) in [5, 5.41) is 2.07. The van der Waals surface area contributed by atoms with Crippen molar-refractivity contribution in [2.24, 2.45) is 0 Å². The minimum absolute atomic E-state index is 0.195. The molecule has 0 spiro atoms. The molecule has 7 heteroatoms. The van der Waals surface area contributed by atoms with Crippen LogP contribution in [0.15, 0.2) is 0 Å². The van der Waals surface area contributed by atoms with Crippen LogP contribution in [0.3, 0.4) is 0 Å². The zero-order valence-electron chi connectivity index (χ0n) is 9.67. The Bertz CT molecular complexity index is 317. The molecule has 1 N–H and O–H groups in total. The summed E-state index contributed by atoms with van der Waals surface area (Å²) >= 11 is 0. The largest absolute Gasteiger partial charge is 0.401 e. The molecule has 98 valence electrons. The molecular weight excluding hydrogens is 237 g/mol. The van der Waals surface area contributed by atoms with Crippen LogP contribution in [0.2, 0.25) is 0 Å². The Hall–Kier alpha value is -1.11. The number of imide groups is 1. The van der Waals surface area contributed by atoms with Crippen molar-refractivity contribution in [1.29, 1.82) is 0 Å². The molecule has 1 rings (SSSR count). The summed E-state index contributed by atoms with van der Waals surface area (Å²) in [6.07, 6.45) is -3.99. The van der Waals surface area contributed by atoms with E-state index >= 15 is 0 Å². The lowest BCUT2D eigenvalue weighted by molar-refractivity contribution is -0.141. The van der Waals surface area contributed by atoms with Gasteiger partial charge in [0.15, 0.2) is 0 Å². The van der Waals surface area contributed by atoms with Crippen LogP contribution >= 0.6 is 0 Å². The van der Waals surface area contributed by atoms with Gasteiger partial charge in [-0.3, -0.25) is 19.8 Å². The van der Waals surface area contributed by atoms with Crippen LogP contribution in [0.1, 0.15) is 26.7 Å². The third-order valence-corrected chi connectivity index (χ3v) is 2.76.